The Kier molecular flexibility index (Phi) is 6.94. The molecule has 6 nitrogen and oxygen atoms in total. The van der Waals surface area contributed by atoms with Crippen molar-refractivity contribution in [1.82, 2.24) is 5.32 Å². The van der Waals surface area contributed by atoms with E-state index in [1.54, 1.807) is 0 Å². The van der Waals surface area contributed by atoms with Crippen molar-refractivity contribution in [3.05, 3.63) is 71.8 Å². The third-order valence-electron chi connectivity index (χ3n) is 7.51. The van der Waals surface area contributed by atoms with Gasteiger partial charge in [-0.1, -0.05) is 74.5 Å². The van der Waals surface area contributed by atoms with Gasteiger partial charge in [-0.2, -0.15) is 0 Å². The number of epoxide rings is 1. The highest BCUT2D eigenvalue weighted by Crippen LogP contribution is 2.55. The molecule has 1 N–H and O–H groups in total. The summed E-state index contributed by atoms with van der Waals surface area (Å²) in [5, 5.41) is 3.67. The summed E-state index contributed by atoms with van der Waals surface area (Å²) in [4.78, 5) is 25.7. The quantitative estimate of drug-likeness (QED) is 0.437. The summed E-state index contributed by atoms with van der Waals surface area (Å²) in [6, 6.07) is 19.4. The smallest absolute Gasteiger partial charge is 0.310 e. The van der Waals surface area contributed by atoms with Crippen LogP contribution in [0, 0.1) is 11.8 Å². The Balaban J connectivity index is 1.29. The van der Waals surface area contributed by atoms with Crippen LogP contribution in [-0.2, 0) is 36.6 Å². The molecule has 1 unspecified atom stereocenters. The second-order valence-electron chi connectivity index (χ2n) is 10.6. The van der Waals surface area contributed by atoms with Gasteiger partial charge in [0.2, 0.25) is 0 Å². The molecule has 186 valence electrons. The fourth-order valence-electron chi connectivity index (χ4n) is 5.85. The summed E-state index contributed by atoms with van der Waals surface area (Å²) in [5.41, 5.74) is 1.25. The molecule has 5 rings (SSSR count). The van der Waals surface area contributed by atoms with Gasteiger partial charge in [0.1, 0.15) is 23.9 Å². The minimum absolute atomic E-state index is 0.0207. The molecule has 6 atom stereocenters. The Morgan fingerprint density at radius 2 is 1.63 bits per heavy atom. The van der Waals surface area contributed by atoms with E-state index in [0.29, 0.717) is 25.2 Å². The molecule has 0 aromatic heterocycles. The van der Waals surface area contributed by atoms with E-state index in [9.17, 15) is 9.59 Å². The van der Waals surface area contributed by atoms with Gasteiger partial charge < -0.3 is 19.5 Å². The van der Waals surface area contributed by atoms with E-state index < -0.39 is 5.60 Å². The van der Waals surface area contributed by atoms with Crippen LogP contribution in [0.5, 0.6) is 0 Å². The van der Waals surface area contributed by atoms with Crippen molar-refractivity contribution in [2.75, 3.05) is 6.54 Å². The van der Waals surface area contributed by atoms with Gasteiger partial charge >= 0.3 is 11.9 Å². The number of esters is 2. The van der Waals surface area contributed by atoms with Crippen LogP contribution in [0.2, 0.25) is 0 Å². The Hall–Kier alpha value is -2.70. The van der Waals surface area contributed by atoms with E-state index in [1.807, 2.05) is 60.7 Å². The van der Waals surface area contributed by atoms with Gasteiger partial charge in [0.15, 0.2) is 0 Å². The average Bonchev–Trinajstić information content (AvgIpc) is 3.64. The fraction of sp³-hybridized carbons (Fsp3) is 0.517. The minimum Gasteiger partial charge on any atom is -0.462 e. The summed E-state index contributed by atoms with van der Waals surface area (Å²) in [5.74, 6) is 0.0919. The van der Waals surface area contributed by atoms with Gasteiger partial charge in [-0.25, -0.2) is 0 Å². The Bertz CT molecular complexity index is 1030. The van der Waals surface area contributed by atoms with Crippen molar-refractivity contribution in [3.63, 3.8) is 0 Å². The predicted molar refractivity (Wildman–Crippen MR) is 132 cm³/mol. The molecule has 2 bridgehead atoms. The lowest BCUT2D eigenvalue weighted by Crippen LogP contribution is -2.61. The van der Waals surface area contributed by atoms with E-state index in [0.717, 1.165) is 17.7 Å². The number of hydrogen-bond donors (Lipinski definition) is 1. The Morgan fingerprint density at radius 3 is 2.26 bits per heavy atom. The number of carbonyl (C=O) groups is 2. The highest BCUT2D eigenvalue weighted by molar-refractivity contribution is 5.73. The molecular weight excluding hydrogens is 442 g/mol. The summed E-state index contributed by atoms with van der Waals surface area (Å²) < 4.78 is 18.4. The van der Waals surface area contributed by atoms with Crippen LogP contribution < -0.4 is 5.32 Å². The topological polar surface area (TPSA) is 77.2 Å². The van der Waals surface area contributed by atoms with Crippen molar-refractivity contribution in [3.8, 4) is 0 Å². The van der Waals surface area contributed by atoms with Crippen LogP contribution in [-0.4, -0.2) is 48.4 Å². The number of carbonyl (C=O) groups excluding carboxylic acids is 2. The van der Waals surface area contributed by atoms with Crippen molar-refractivity contribution in [2.45, 2.75) is 75.9 Å². The molecule has 0 amide bonds. The molecule has 0 spiro atoms. The van der Waals surface area contributed by atoms with E-state index >= 15 is 0 Å². The molecule has 1 heterocycles. The van der Waals surface area contributed by atoms with Gasteiger partial charge in [-0.15, -0.1) is 0 Å². The normalized spacial score (nSPS) is 30.9. The number of ether oxygens (including phenoxy) is 3. The predicted octanol–water partition coefficient (Wildman–Crippen LogP) is 3.86. The number of fused-ring (bicyclic) bond motifs is 4. The second kappa shape index (κ2) is 10.1. The van der Waals surface area contributed by atoms with E-state index in [2.05, 4.69) is 19.2 Å². The van der Waals surface area contributed by atoms with E-state index in [-0.39, 0.29) is 55.1 Å². The van der Waals surface area contributed by atoms with E-state index in [4.69, 9.17) is 14.2 Å². The molecule has 2 aromatic carbocycles. The molecule has 3 aliphatic rings. The molecule has 1 aliphatic heterocycles. The van der Waals surface area contributed by atoms with Crippen LogP contribution in [0.4, 0.5) is 0 Å². The molecule has 2 aromatic rings. The fourth-order valence-corrected chi connectivity index (χ4v) is 5.85. The summed E-state index contributed by atoms with van der Waals surface area (Å²) >= 11 is 0. The number of benzene rings is 2. The monoisotopic (exact) mass is 477 g/mol. The number of rotatable bonds is 9. The molecule has 3 fully saturated rings. The van der Waals surface area contributed by atoms with Gasteiger partial charge in [0, 0.05) is 12.0 Å². The molecule has 6 heteroatoms. The Morgan fingerprint density at radius 1 is 1.00 bits per heavy atom. The van der Waals surface area contributed by atoms with Crippen LogP contribution in [0.1, 0.15) is 44.2 Å². The zero-order valence-electron chi connectivity index (χ0n) is 20.5. The maximum absolute atomic E-state index is 12.9. The van der Waals surface area contributed by atoms with Crippen molar-refractivity contribution >= 4 is 11.9 Å². The van der Waals surface area contributed by atoms with Crippen LogP contribution in [0.3, 0.4) is 0 Å². The molecular formula is C29H35NO5. The third kappa shape index (κ3) is 5.44. The largest absolute Gasteiger partial charge is 0.462 e. The zero-order chi connectivity index (χ0) is 24.4. The van der Waals surface area contributed by atoms with Gasteiger partial charge in [-0.3, -0.25) is 9.59 Å². The van der Waals surface area contributed by atoms with Crippen molar-refractivity contribution < 1.29 is 23.8 Å². The average molecular weight is 478 g/mol. The molecule has 2 aliphatic carbocycles. The van der Waals surface area contributed by atoms with Gasteiger partial charge in [0.05, 0.1) is 12.8 Å². The molecule has 35 heavy (non-hydrogen) atoms. The highest BCUT2D eigenvalue weighted by Gasteiger charge is 2.68. The first-order valence-corrected chi connectivity index (χ1v) is 12.8. The minimum atomic E-state index is -0.639. The SMILES string of the molecule is CC(C)CN[C@@H]1C2C[C@](OC(=O)Cc3ccccc3)(CC[C@H]2OC(=O)Cc2ccccc2)[C@H]2O[C@@H]12. The second-order valence-corrected chi connectivity index (χ2v) is 10.6. The zero-order valence-corrected chi connectivity index (χ0v) is 20.5. The Labute approximate surface area is 207 Å². The standard InChI is InChI=1S/C29H35NO5/c1-19(2)18-30-26-22-17-29(28-27(26)34-28,35-25(32)16-21-11-7-4-8-12-21)14-13-23(22)33-24(31)15-20-9-5-3-6-10-20/h3-12,19,22-23,26-28,30H,13-18H2,1-2H3/t22?,23-,26-,27+,28+,29-/m1/s1. The first kappa shape index (κ1) is 24.0. The lowest BCUT2D eigenvalue weighted by molar-refractivity contribution is -0.182. The van der Waals surface area contributed by atoms with Crippen LogP contribution in [0.15, 0.2) is 60.7 Å². The molecule has 0 radical (unpaired) electrons. The lowest BCUT2D eigenvalue weighted by Gasteiger charge is -2.48. The van der Waals surface area contributed by atoms with Crippen LogP contribution in [0.25, 0.3) is 0 Å². The number of nitrogens with one attached hydrogen (secondary N) is 1. The maximum atomic E-state index is 12.9. The van der Waals surface area contributed by atoms with Gasteiger partial charge in [0.25, 0.3) is 0 Å². The van der Waals surface area contributed by atoms with Crippen molar-refractivity contribution in [2.24, 2.45) is 11.8 Å². The van der Waals surface area contributed by atoms with Gasteiger partial charge in [-0.05, 0) is 42.9 Å². The first-order valence-electron chi connectivity index (χ1n) is 12.8. The highest BCUT2D eigenvalue weighted by atomic mass is 16.6. The summed E-state index contributed by atoms with van der Waals surface area (Å²) in [7, 11) is 0. The summed E-state index contributed by atoms with van der Waals surface area (Å²) in [6.45, 7) is 5.21. The first-order chi connectivity index (χ1) is 16.9. The van der Waals surface area contributed by atoms with E-state index in [1.165, 1.54) is 0 Å². The van der Waals surface area contributed by atoms with Crippen LogP contribution >= 0.6 is 0 Å². The lowest BCUT2D eigenvalue weighted by atomic mass is 9.65. The molecule has 2 saturated carbocycles. The molecule has 1 saturated heterocycles. The maximum Gasteiger partial charge on any atom is 0.310 e. The third-order valence-corrected chi connectivity index (χ3v) is 7.51. The number of hydrogen-bond acceptors (Lipinski definition) is 6. The van der Waals surface area contributed by atoms with Crippen molar-refractivity contribution in [1.29, 1.82) is 0 Å². The summed E-state index contributed by atoms with van der Waals surface area (Å²) in [6.07, 6.45) is 2.12.